The number of rotatable bonds is 6. The van der Waals surface area contributed by atoms with Crippen molar-refractivity contribution in [3.63, 3.8) is 0 Å². The van der Waals surface area contributed by atoms with Gasteiger partial charge in [0.2, 0.25) is 10.0 Å². The minimum absolute atomic E-state index is 0.105. The second-order valence-electron chi connectivity index (χ2n) is 4.52. The van der Waals surface area contributed by atoms with E-state index in [9.17, 15) is 17.2 Å². The Morgan fingerprint density at radius 2 is 1.86 bits per heavy atom. The largest absolute Gasteiger partial charge is 0.249 e. The first-order chi connectivity index (χ1) is 9.96. The summed E-state index contributed by atoms with van der Waals surface area (Å²) in [5.41, 5.74) is 0.800. The fourth-order valence-electron chi connectivity index (χ4n) is 1.98. The molecule has 2 aromatic rings. The van der Waals surface area contributed by atoms with Crippen molar-refractivity contribution in [3.8, 4) is 0 Å². The van der Waals surface area contributed by atoms with Crippen molar-refractivity contribution in [3.05, 3.63) is 52.2 Å². The molecule has 0 fully saturated rings. The molecule has 0 aliphatic carbocycles. The molecule has 1 aromatic heterocycles. The molecule has 0 saturated carbocycles. The van der Waals surface area contributed by atoms with Gasteiger partial charge < -0.3 is 0 Å². The summed E-state index contributed by atoms with van der Waals surface area (Å²) in [6.07, 6.45) is 0.555. The van der Waals surface area contributed by atoms with Crippen LogP contribution in [0, 0.1) is 11.6 Å². The fourth-order valence-corrected chi connectivity index (χ4v) is 4.27. The summed E-state index contributed by atoms with van der Waals surface area (Å²) >= 11 is 1.44. The van der Waals surface area contributed by atoms with E-state index in [0.29, 0.717) is 6.42 Å². The van der Waals surface area contributed by atoms with E-state index in [0.717, 1.165) is 28.1 Å². The summed E-state index contributed by atoms with van der Waals surface area (Å²) in [6.45, 7) is 2.12. The van der Waals surface area contributed by atoms with Gasteiger partial charge in [-0.15, -0.1) is 0 Å². The van der Waals surface area contributed by atoms with Crippen LogP contribution in [-0.2, 0) is 16.6 Å². The van der Waals surface area contributed by atoms with Gasteiger partial charge in [0.1, 0.15) is 11.6 Å². The third-order valence-corrected chi connectivity index (χ3v) is 5.56. The quantitative estimate of drug-likeness (QED) is 0.810. The highest BCUT2D eigenvalue weighted by atomic mass is 32.2. The zero-order valence-electron chi connectivity index (χ0n) is 11.4. The topological polar surface area (TPSA) is 37.4 Å². The minimum atomic E-state index is -4.21. The monoisotopic (exact) mass is 331 g/mol. The van der Waals surface area contributed by atoms with Gasteiger partial charge in [0, 0.05) is 13.1 Å². The number of nitrogens with zero attached hydrogens (tertiary/aromatic N) is 1. The van der Waals surface area contributed by atoms with Crippen molar-refractivity contribution >= 4 is 21.4 Å². The summed E-state index contributed by atoms with van der Waals surface area (Å²) in [6, 6.07) is 4.84. The summed E-state index contributed by atoms with van der Waals surface area (Å²) in [4.78, 5) is -0.881. The van der Waals surface area contributed by atoms with Gasteiger partial charge in [0.15, 0.2) is 4.90 Å². The molecule has 0 amide bonds. The summed E-state index contributed by atoms with van der Waals surface area (Å²) in [5.74, 6) is -2.14. The first kappa shape index (κ1) is 16.1. The molecule has 21 heavy (non-hydrogen) atoms. The molecule has 114 valence electrons. The average molecular weight is 331 g/mol. The molecule has 3 nitrogen and oxygen atoms in total. The Morgan fingerprint density at radius 1 is 1.19 bits per heavy atom. The number of sulfonamides is 1. The van der Waals surface area contributed by atoms with Gasteiger partial charge in [0.05, 0.1) is 0 Å². The summed E-state index contributed by atoms with van der Waals surface area (Å²) in [7, 11) is -4.21. The Balaban J connectivity index is 2.42. The molecular formula is C14H15F2NO2S2. The molecule has 0 unspecified atom stereocenters. The van der Waals surface area contributed by atoms with Crippen molar-refractivity contribution in [1.29, 1.82) is 0 Å². The SMILES string of the molecule is CCCN(Cc1ccsc1)S(=O)(=O)c1c(F)cccc1F. The van der Waals surface area contributed by atoms with Crippen LogP contribution in [0.25, 0.3) is 0 Å². The lowest BCUT2D eigenvalue weighted by atomic mass is 10.3. The lowest BCUT2D eigenvalue weighted by molar-refractivity contribution is 0.397. The van der Waals surface area contributed by atoms with E-state index in [1.54, 1.807) is 6.07 Å². The Morgan fingerprint density at radius 3 is 2.38 bits per heavy atom. The Bertz CT molecular complexity index is 680. The van der Waals surface area contributed by atoms with Crippen LogP contribution in [0.15, 0.2) is 39.9 Å². The van der Waals surface area contributed by atoms with Gasteiger partial charge in [-0.05, 0) is 40.9 Å². The van der Waals surface area contributed by atoms with Crippen LogP contribution >= 0.6 is 11.3 Å². The van der Waals surface area contributed by atoms with E-state index >= 15 is 0 Å². The van der Waals surface area contributed by atoms with Gasteiger partial charge in [0.25, 0.3) is 0 Å². The maximum Gasteiger partial charge on any atom is 0.249 e. The van der Waals surface area contributed by atoms with Gasteiger partial charge >= 0.3 is 0 Å². The van der Waals surface area contributed by atoms with E-state index in [1.165, 1.54) is 11.3 Å². The van der Waals surface area contributed by atoms with Crippen LogP contribution in [0.4, 0.5) is 8.78 Å². The highest BCUT2D eigenvalue weighted by Gasteiger charge is 2.30. The van der Waals surface area contributed by atoms with E-state index < -0.39 is 26.6 Å². The van der Waals surface area contributed by atoms with Gasteiger partial charge in [-0.2, -0.15) is 15.6 Å². The highest BCUT2D eigenvalue weighted by Crippen LogP contribution is 2.24. The van der Waals surface area contributed by atoms with Crippen LogP contribution in [0.1, 0.15) is 18.9 Å². The molecule has 0 bridgehead atoms. The van der Waals surface area contributed by atoms with E-state index in [4.69, 9.17) is 0 Å². The van der Waals surface area contributed by atoms with Gasteiger partial charge in [-0.3, -0.25) is 0 Å². The summed E-state index contributed by atoms with van der Waals surface area (Å²) < 4.78 is 53.8. The van der Waals surface area contributed by atoms with Crippen molar-refractivity contribution in [2.24, 2.45) is 0 Å². The Kier molecular flexibility index (Phi) is 5.08. The third kappa shape index (κ3) is 3.48. The first-order valence-corrected chi connectivity index (χ1v) is 8.80. The number of hydrogen-bond donors (Lipinski definition) is 0. The minimum Gasteiger partial charge on any atom is -0.207 e. The zero-order valence-corrected chi connectivity index (χ0v) is 13.1. The van der Waals surface area contributed by atoms with Crippen LogP contribution in [0.5, 0.6) is 0 Å². The molecular weight excluding hydrogens is 316 g/mol. The molecule has 0 saturated heterocycles. The predicted octanol–water partition coefficient (Wildman–Crippen LogP) is 3.63. The van der Waals surface area contributed by atoms with Crippen molar-refractivity contribution in [2.75, 3.05) is 6.54 Å². The highest BCUT2D eigenvalue weighted by molar-refractivity contribution is 7.89. The van der Waals surface area contributed by atoms with E-state index in [-0.39, 0.29) is 13.1 Å². The van der Waals surface area contributed by atoms with Crippen LogP contribution in [-0.4, -0.2) is 19.3 Å². The van der Waals surface area contributed by atoms with Crippen LogP contribution in [0.3, 0.4) is 0 Å². The maximum atomic E-state index is 13.8. The molecule has 0 atom stereocenters. The molecule has 0 aliphatic heterocycles. The Hall–Kier alpha value is -1.31. The molecule has 0 radical (unpaired) electrons. The smallest absolute Gasteiger partial charge is 0.207 e. The molecule has 1 aromatic carbocycles. The predicted molar refractivity (Wildman–Crippen MR) is 78.6 cm³/mol. The van der Waals surface area contributed by atoms with E-state index in [2.05, 4.69) is 0 Å². The van der Waals surface area contributed by atoms with Gasteiger partial charge in [-0.1, -0.05) is 13.0 Å². The second-order valence-corrected chi connectivity index (χ2v) is 7.18. The standard InChI is InChI=1S/C14H15F2NO2S2/c1-2-7-17(9-11-6-8-20-10-11)21(18,19)14-12(15)4-3-5-13(14)16/h3-6,8,10H,2,7,9H2,1H3. The van der Waals surface area contributed by atoms with Crippen molar-refractivity contribution in [2.45, 2.75) is 24.8 Å². The molecule has 0 spiro atoms. The van der Waals surface area contributed by atoms with Crippen LogP contribution < -0.4 is 0 Å². The molecule has 2 rings (SSSR count). The van der Waals surface area contributed by atoms with Crippen molar-refractivity contribution < 1.29 is 17.2 Å². The third-order valence-electron chi connectivity index (χ3n) is 2.93. The maximum absolute atomic E-state index is 13.8. The normalized spacial score (nSPS) is 12.0. The number of thiophene rings is 1. The molecule has 1 heterocycles. The lowest BCUT2D eigenvalue weighted by Gasteiger charge is -2.21. The van der Waals surface area contributed by atoms with Crippen LogP contribution in [0.2, 0.25) is 0 Å². The molecule has 7 heteroatoms. The number of hydrogen-bond acceptors (Lipinski definition) is 3. The van der Waals surface area contributed by atoms with Crippen molar-refractivity contribution in [1.82, 2.24) is 4.31 Å². The Labute approximate surface area is 126 Å². The number of halogens is 2. The fraction of sp³-hybridized carbons (Fsp3) is 0.286. The number of benzene rings is 1. The van der Waals surface area contributed by atoms with Gasteiger partial charge in [-0.25, -0.2) is 17.2 Å². The molecule has 0 N–H and O–H groups in total. The molecule has 0 aliphatic rings. The second kappa shape index (κ2) is 6.64. The average Bonchev–Trinajstić information content (AvgIpc) is 2.90. The van der Waals surface area contributed by atoms with E-state index in [1.807, 2.05) is 17.7 Å². The summed E-state index contributed by atoms with van der Waals surface area (Å²) in [5, 5.41) is 3.64. The zero-order chi connectivity index (χ0) is 15.5. The first-order valence-electron chi connectivity index (χ1n) is 6.42. The lowest BCUT2D eigenvalue weighted by Crippen LogP contribution is -2.32.